The third kappa shape index (κ3) is 11.3. The molecule has 0 bridgehead atoms. The molecule has 2 saturated carbocycles. The number of rotatable bonds is 7. The maximum Gasteiger partial charge on any atom is -0.0230 e. The molecule has 148 valence electrons. The Hall–Kier alpha value is -1.33. The Morgan fingerprint density at radius 3 is 2.04 bits per heavy atom. The maximum atomic E-state index is 5.85. The molecule has 0 amide bonds. The SMILES string of the molecule is C=C=N.CC.C\C=C/C=C\C=C\C1CCC(CCCC2CCC2C)CC1. The van der Waals surface area contributed by atoms with Gasteiger partial charge in [0.1, 0.15) is 0 Å². The molecule has 2 rings (SSSR count). The summed E-state index contributed by atoms with van der Waals surface area (Å²) >= 11 is 0. The van der Waals surface area contributed by atoms with Crippen molar-refractivity contribution in [2.75, 3.05) is 0 Å². The highest BCUT2D eigenvalue weighted by atomic mass is 14.3. The van der Waals surface area contributed by atoms with Crippen molar-refractivity contribution in [1.82, 2.24) is 0 Å². The minimum Gasteiger partial charge on any atom is -0.259 e. The molecule has 26 heavy (non-hydrogen) atoms. The molecule has 0 saturated heterocycles. The summed E-state index contributed by atoms with van der Waals surface area (Å²) in [5.74, 6) is 5.72. The molecule has 1 N–H and O–H groups in total. The standard InChI is InChI=1S/C21H34.C2H3N.C2H6/c1-3-4-5-6-7-9-19-13-15-20(16-14-19)10-8-11-21-17-12-18(21)2;1-2-3;1-2/h3-7,9,18-21H,8,10-17H2,1-2H3;3H,1H2;1-2H3/b4-3-,6-5-,9-7+;;. The van der Waals surface area contributed by atoms with E-state index in [4.69, 9.17) is 5.41 Å². The summed E-state index contributed by atoms with van der Waals surface area (Å²) in [6.07, 6.45) is 26.4. The first-order valence-corrected chi connectivity index (χ1v) is 10.9. The van der Waals surface area contributed by atoms with E-state index in [-0.39, 0.29) is 0 Å². The average molecular weight is 358 g/mol. The van der Waals surface area contributed by atoms with E-state index < -0.39 is 0 Å². The highest BCUT2D eigenvalue weighted by Gasteiger charge is 2.26. The molecule has 0 aliphatic heterocycles. The van der Waals surface area contributed by atoms with Crippen molar-refractivity contribution < 1.29 is 0 Å². The molecule has 0 radical (unpaired) electrons. The largest absolute Gasteiger partial charge is 0.259 e. The summed E-state index contributed by atoms with van der Waals surface area (Å²) in [6, 6.07) is 0. The van der Waals surface area contributed by atoms with Crippen LogP contribution in [0.1, 0.15) is 85.5 Å². The third-order valence-corrected chi connectivity index (χ3v) is 5.79. The van der Waals surface area contributed by atoms with Crippen LogP contribution in [-0.2, 0) is 0 Å². The normalized spacial score (nSPS) is 28.0. The zero-order valence-corrected chi connectivity index (χ0v) is 17.8. The van der Waals surface area contributed by atoms with E-state index in [1.54, 1.807) is 5.87 Å². The molecule has 0 aromatic carbocycles. The van der Waals surface area contributed by atoms with E-state index in [0.29, 0.717) is 0 Å². The molecule has 2 aliphatic carbocycles. The Morgan fingerprint density at radius 1 is 0.923 bits per heavy atom. The molecule has 1 nitrogen and oxygen atoms in total. The molecule has 0 heterocycles. The van der Waals surface area contributed by atoms with Gasteiger partial charge in [-0.05, 0) is 75.1 Å². The fourth-order valence-electron chi connectivity index (χ4n) is 3.96. The predicted molar refractivity (Wildman–Crippen MR) is 119 cm³/mol. The molecule has 1 heteroatoms. The van der Waals surface area contributed by atoms with Crippen LogP contribution in [0.2, 0.25) is 0 Å². The molecule has 0 aromatic heterocycles. The molecule has 2 atom stereocenters. The topological polar surface area (TPSA) is 23.9 Å². The number of hydrogen-bond acceptors (Lipinski definition) is 1. The van der Waals surface area contributed by atoms with Crippen molar-refractivity contribution >= 4 is 5.87 Å². The first-order valence-electron chi connectivity index (χ1n) is 10.9. The minimum absolute atomic E-state index is 0.836. The zero-order chi connectivity index (χ0) is 19.6. The third-order valence-electron chi connectivity index (χ3n) is 5.79. The van der Waals surface area contributed by atoms with Crippen molar-refractivity contribution in [3.8, 4) is 0 Å². The Balaban J connectivity index is 0.00000113. The van der Waals surface area contributed by atoms with Crippen molar-refractivity contribution in [3.05, 3.63) is 43.0 Å². The van der Waals surface area contributed by atoms with E-state index in [1.165, 1.54) is 57.8 Å². The van der Waals surface area contributed by atoms with Crippen LogP contribution >= 0.6 is 0 Å². The second-order valence-electron chi connectivity index (χ2n) is 7.50. The summed E-state index contributed by atoms with van der Waals surface area (Å²) in [7, 11) is 0. The van der Waals surface area contributed by atoms with Crippen LogP contribution in [0.15, 0.2) is 43.0 Å². The van der Waals surface area contributed by atoms with Gasteiger partial charge in [-0.1, -0.05) is 82.9 Å². The van der Waals surface area contributed by atoms with E-state index in [1.807, 2.05) is 13.8 Å². The second-order valence-corrected chi connectivity index (χ2v) is 7.50. The summed E-state index contributed by atoms with van der Waals surface area (Å²) in [5, 5.41) is 5.85. The molecule has 2 fully saturated rings. The van der Waals surface area contributed by atoms with Crippen LogP contribution < -0.4 is 0 Å². The first kappa shape index (κ1) is 24.7. The smallest absolute Gasteiger partial charge is 0.0230 e. The fraction of sp³-hybridized carbons (Fsp3) is 0.680. The van der Waals surface area contributed by atoms with Crippen molar-refractivity contribution in [2.24, 2.45) is 23.7 Å². The van der Waals surface area contributed by atoms with Crippen LogP contribution in [0, 0.1) is 29.1 Å². The molecule has 2 aliphatic rings. The van der Waals surface area contributed by atoms with Gasteiger partial charge in [-0.2, -0.15) is 0 Å². The molecule has 2 unspecified atom stereocenters. The lowest BCUT2D eigenvalue weighted by atomic mass is 9.71. The van der Waals surface area contributed by atoms with E-state index >= 15 is 0 Å². The van der Waals surface area contributed by atoms with Gasteiger partial charge >= 0.3 is 0 Å². The van der Waals surface area contributed by atoms with Crippen LogP contribution in [0.5, 0.6) is 0 Å². The van der Waals surface area contributed by atoms with Crippen molar-refractivity contribution in [2.45, 2.75) is 85.5 Å². The lowest BCUT2D eigenvalue weighted by Gasteiger charge is -2.34. The Bertz CT molecular complexity index is 429. The van der Waals surface area contributed by atoms with Crippen molar-refractivity contribution in [1.29, 1.82) is 5.41 Å². The quantitative estimate of drug-likeness (QED) is 0.351. The van der Waals surface area contributed by atoms with Gasteiger partial charge < -0.3 is 0 Å². The van der Waals surface area contributed by atoms with Gasteiger partial charge in [-0.25, -0.2) is 0 Å². The minimum atomic E-state index is 0.836. The highest BCUT2D eigenvalue weighted by molar-refractivity contribution is 5.41. The van der Waals surface area contributed by atoms with Gasteiger partial charge in [-0.3, -0.25) is 5.41 Å². The maximum absolute atomic E-state index is 5.85. The average Bonchev–Trinajstić information content (AvgIpc) is 2.67. The summed E-state index contributed by atoms with van der Waals surface area (Å²) in [4.78, 5) is 0. The first-order chi connectivity index (χ1) is 12.7. The van der Waals surface area contributed by atoms with Crippen LogP contribution in [0.25, 0.3) is 0 Å². The van der Waals surface area contributed by atoms with E-state index in [0.717, 1.165) is 23.7 Å². The van der Waals surface area contributed by atoms with Crippen LogP contribution in [0.4, 0.5) is 0 Å². The van der Waals surface area contributed by atoms with Crippen LogP contribution in [-0.4, -0.2) is 5.87 Å². The van der Waals surface area contributed by atoms with Gasteiger partial charge in [0.15, 0.2) is 0 Å². The fourth-order valence-corrected chi connectivity index (χ4v) is 3.96. The zero-order valence-electron chi connectivity index (χ0n) is 17.8. The molecule has 0 aromatic rings. The summed E-state index contributed by atoms with van der Waals surface area (Å²) < 4.78 is 0. The lowest BCUT2D eigenvalue weighted by molar-refractivity contribution is 0.172. The second kappa shape index (κ2) is 17.1. The molecular formula is C25H43N. The lowest BCUT2D eigenvalue weighted by Crippen LogP contribution is -2.23. The van der Waals surface area contributed by atoms with E-state index in [2.05, 4.69) is 56.9 Å². The van der Waals surface area contributed by atoms with Gasteiger partial charge in [0.05, 0.1) is 0 Å². The van der Waals surface area contributed by atoms with Gasteiger partial charge in [0, 0.05) is 0 Å². The van der Waals surface area contributed by atoms with Gasteiger partial charge in [0.25, 0.3) is 0 Å². The monoisotopic (exact) mass is 357 g/mol. The Labute approximate surface area is 163 Å². The van der Waals surface area contributed by atoms with Crippen LogP contribution in [0.3, 0.4) is 0 Å². The number of nitrogens with one attached hydrogen (secondary N) is 1. The van der Waals surface area contributed by atoms with Crippen molar-refractivity contribution in [3.63, 3.8) is 0 Å². The number of allylic oxidation sites excluding steroid dienone is 6. The van der Waals surface area contributed by atoms with Gasteiger partial charge in [-0.15, -0.1) is 0 Å². The summed E-state index contributed by atoms with van der Waals surface area (Å²) in [6.45, 7) is 11.4. The number of hydrogen-bond donors (Lipinski definition) is 1. The summed E-state index contributed by atoms with van der Waals surface area (Å²) in [5.41, 5.74) is 0. The van der Waals surface area contributed by atoms with Gasteiger partial charge in [0.2, 0.25) is 0 Å². The predicted octanol–water partition coefficient (Wildman–Crippen LogP) is 8.14. The Kier molecular flexibility index (Phi) is 16.2. The highest BCUT2D eigenvalue weighted by Crippen LogP contribution is 2.39. The molecule has 0 spiro atoms. The Morgan fingerprint density at radius 2 is 1.54 bits per heavy atom. The molecular weight excluding hydrogens is 314 g/mol. The van der Waals surface area contributed by atoms with E-state index in [9.17, 15) is 0 Å².